The number of hydrogen-bond donors (Lipinski definition) is 2. The Hall–Kier alpha value is -1.22. The largest absolute Gasteiger partial charge is 0.478 e. The Bertz CT molecular complexity index is 748. The first kappa shape index (κ1) is 21.5. The smallest absolute Gasteiger partial charge is 0.217 e. The van der Waals surface area contributed by atoms with Crippen molar-refractivity contribution in [1.29, 1.82) is 0 Å². The lowest BCUT2D eigenvalue weighted by molar-refractivity contribution is 0.0124. The fraction of sp³-hybridized carbons (Fsp3) is 0.750. The van der Waals surface area contributed by atoms with Crippen molar-refractivity contribution in [2.45, 2.75) is 70.1 Å². The van der Waals surface area contributed by atoms with Crippen LogP contribution < -0.4 is 14.8 Å². The molecule has 1 saturated heterocycles. The molecule has 0 radical (unpaired) electrons. The molecule has 1 aromatic heterocycles. The van der Waals surface area contributed by atoms with Gasteiger partial charge in [-0.15, -0.1) is 0 Å². The minimum absolute atomic E-state index is 0.0394. The number of sulfonamides is 1. The Morgan fingerprint density at radius 1 is 1.25 bits per heavy atom. The van der Waals surface area contributed by atoms with Crippen molar-refractivity contribution < 1.29 is 17.9 Å². The van der Waals surface area contributed by atoms with Gasteiger partial charge in [0, 0.05) is 23.8 Å². The van der Waals surface area contributed by atoms with E-state index in [-0.39, 0.29) is 18.2 Å². The third-order valence-corrected chi connectivity index (χ3v) is 6.49. The summed E-state index contributed by atoms with van der Waals surface area (Å²) in [7, 11) is -3.20. The van der Waals surface area contributed by atoms with Crippen LogP contribution in [0.1, 0.15) is 56.1 Å². The van der Waals surface area contributed by atoms with Crippen molar-refractivity contribution in [2.24, 2.45) is 0 Å². The molecule has 2 N–H and O–H groups in total. The zero-order valence-corrected chi connectivity index (χ0v) is 17.9. The van der Waals surface area contributed by atoms with Crippen LogP contribution in [0.25, 0.3) is 0 Å². The summed E-state index contributed by atoms with van der Waals surface area (Å²) < 4.78 is 37.7. The summed E-state index contributed by atoms with van der Waals surface area (Å²) in [5, 5.41) is 3.36. The summed E-state index contributed by atoms with van der Waals surface area (Å²) >= 11 is 0. The molecule has 1 aliphatic heterocycles. The Kier molecular flexibility index (Phi) is 7.31. The van der Waals surface area contributed by atoms with Crippen LogP contribution in [0, 0.1) is 6.92 Å². The summed E-state index contributed by atoms with van der Waals surface area (Å²) in [4.78, 5) is 4.43. The lowest BCUT2D eigenvalue weighted by Crippen LogP contribution is -2.46. The summed E-state index contributed by atoms with van der Waals surface area (Å²) in [6, 6.07) is 2.01. The Balaban J connectivity index is 1.51. The minimum Gasteiger partial charge on any atom is -0.478 e. The Morgan fingerprint density at radius 3 is 2.68 bits per heavy atom. The van der Waals surface area contributed by atoms with Crippen molar-refractivity contribution in [3.8, 4) is 5.88 Å². The van der Waals surface area contributed by atoms with Gasteiger partial charge in [-0.25, -0.2) is 18.1 Å². The third kappa shape index (κ3) is 5.65. The topological polar surface area (TPSA) is 89.6 Å². The number of aryl methyl sites for hydroxylation is 1. The Morgan fingerprint density at radius 2 is 2.00 bits per heavy atom. The second kappa shape index (κ2) is 9.52. The van der Waals surface area contributed by atoms with Crippen molar-refractivity contribution in [2.75, 3.05) is 26.0 Å². The van der Waals surface area contributed by atoms with Crippen LogP contribution in [0.5, 0.6) is 5.88 Å². The van der Waals surface area contributed by atoms with Crippen LogP contribution in [0.3, 0.4) is 0 Å². The van der Waals surface area contributed by atoms with E-state index in [1.165, 1.54) is 17.4 Å². The first-order valence-electron chi connectivity index (χ1n) is 10.3. The standard InChI is InChI=1S/C20H33N3O4S/c1-4-26-20-19(14(2)9-11-22-20)15-5-7-16(8-6-15)27-13-18-17(10-12-21-18)23-28(3,24)25/h9,11,15-18,21,23H,4-8,10,12-13H2,1-3H3/t15?,16?,17-,18-/m0/s1. The SMILES string of the molecule is CCOc1nccc(C)c1C1CCC(OC[C@@H]2NCC[C@@H]2NS(C)(=O)=O)CC1. The first-order valence-corrected chi connectivity index (χ1v) is 12.2. The zero-order valence-electron chi connectivity index (χ0n) is 17.1. The maximum absolute atomic E-state index is 11.5. The van der Waals surface area contributed by atoms with Gasteiger partial charge in [0.25, 0.3) is 0 Å². The molecule has 1 saturated carbocycles. The predicted octanol–water partition coefficient (Wildman–Crippen LogP) is 2.11. The zero-order chi connectivity index (χ0) is 20.1. The number of nitrogens with one attached hydrogen (secondary N) is 2. The van der Waals surface area contributed by atoms with E-state index in [0.717, 1.165) is 44.5 Å². The van der Waals surface area contributed by atoms with E-state index < -0.39 is 10.0 Å². The van der Waals surface area contributed by atoms with Crippen LogP contribution in [-0.2, 0) is 14.8 Å². The highest BCUT2D eigenvalue weighted by Gasteiger charge is 2.31. The fourth-order valence-corrected chi connectivity index (χ4v) is 5.24. The molecule has 0 bridgehead atoms. The summed E-state index contributed by atoms with van der Waals surface area (Å²) in [6.45, 7) is 6.09. The van der Waals surface area contributed by atoms with Gasteiger partial charge in [-0.3, -0.25) is 0 Å². The van der Waals surface area contributed by atoms with E-state index in [2.05, 4.69) is 28.0 Å². The highest BCUT2D eigenvalue weighted by atomic mass is 32.2. The Labute approximate surface area is 168 Å². The van der Waals surface area contributed by atoms with Gasteiger partial charge in [0.15, 0.2) is 0 Å². The molecule has 2 aliphatic rings. The number of ether oxygens (including phenoxy) is 2. The lowest BCUT2D eigenvalue weighted by Gasteiger charge is -2.31. The summed E-state index contributed by atoms with van der Waals surface area (Å²) in [5.74, 6) is 1.23. The lowest BCUT2D eigenvalue weighted by atomic mass is 9.81. The molecule has 0 amide bonds. The average Bonchev–Trinajstić information content (AvgIpc) is 3.06. The number of rotatable bonds is 8. The monoisotopic (exact) mass is 411 g/mol. The third-order valence-electron chi connectivity index (χ3n) is 5.76. The van der Waals surface area contributed by atoms with Crippen LogP contribution >= 0.6 is 0 Å². The van der Waals surface area contributed by atoms with Gasteiger partial charge in [-0.05, 0) is 70.0 Å². The molecule has 0 aromatic carbocycles. The minimum atomic E-state index is -3.20. The van der Waals surface area contributed by atoms with Gasteiger partial charge in [-0.1, -0.05) is 0 Å². The molecule has 0 spiro atoms. The first-order chi connectivity index (χ1) is 13.4. The molecule has 2 heterocycles. The van der Waals surface area contributed by atoms with E-state index in [1.807, 2.05) is 13.1 Å². The molecule has 3 rings (SSSR count). The molecule has 158 valence electrons. The number of pyridine rings is 1. The normalized spacial score (nSPS) is 28.4. The molecule has 2 fully saturated rings. The predicted molar refractivity (Wildman–Crippen MR) is 109 cm³/mol. The highest BCUT2D eigenvalue weighted by molar-refractivity contribution is 7.88. The summed E-state index contributed by atoms with van der Waals surface area (Å²) in [6.07, 6.45) is 8.16. The van der Waals surface area contributed by atoms with E-state index in [9.17, 15) is 8.42 Å². The van der Waals surface area contributed by atoms with Gasteiger partial charge in [0.1, 0.15) is 0 Å². The average molecular weight is 412 g/mol. The van der Waals surface area contributed by atoms with Gasteiger partial charge < -0.3 is 14.8 Å². The number of hydrogen-bond acceptors (Lipinski definition) is 6. The van der Waals surface area contributed by atoms with Crippen molar-refractivity contribution in [1.82, 2.24) is 15.0 Å². The van der Waals surface area contributed by atoms with Gasteiger partial charge in [0.05, 0.1) is 25.6 Å². The van der Waals surface area contributed by atoms with E-state index in [4.69, 9.17) is 9.47 Å². The maximum atomic E-state index is 11.5. The van der Waals surface area contributed by atoms with Crippen LogP contribution in [0.2, 0.25) is 0 Å². The summed E-state index contributed by atoms with van der Waals surface area (Å²) in [5.41, 5.74) is 2.49. The number of aromatic nitrogens is 1. The second-order valence-corrected chi connectivity index (χ2v) is 9.71. The van der Waals surface area contributed by atoms with Crippen molar-refractivity contribution in [3.05, 3.63) is 23.4 Å². The van der Waals surface area contributed by atoms with Crippen molar-refractivity contribution in [3.63, 3.8) is 0 Å². The van der Waals surface area contributed by atoms with E-state index in [1.54, 1.807) is 0 Å². The maximum Gasteiger partial charge on any atom is 0.217 e. The van der Waals surface area contributed by atoms with Crippen LogP contribution in [-0.4, -0.2) is 57.6 Å². The molecule has 1 aliphatic carbocycles. The van der Waals surface area contributed by atoms with Gasteiger partial charge in [0.2, 0.25) is 15.9 Å². The van der Waals surface area contributed by atoms with Crippen molar-refractivity contribution >= 4 is 10.0 Å². The van der Waals surface area contributed by atoms with Gasteiger partial charge >= 0.3 is 0 Å². The molecule has 1 aromatic rings. The van der Waals surface area contributed by atoms with Crippen LogP contribution in [0.4, 0.5) is 0 Å². The quantitative estimate of drug-likeness (QED) is 0.681. The van der Waals surface area contributed by atoms with Gasteiger partial charge in [-0.2, -0.15) is 0 Å². The molecule has 2 atom stereocenters. The second-order valence-electron chi connectivity index (χ2n) is 7.93. The molecule has 7 nitrogen and oxygen atoms in total. The molecule has 8 heteroatoms. The molecule has 28 heavy (non-hydrogen) atoms. The van der Waals surface area contributed by atoms with Crippen LogP contribution in [0.15, 0.2) is 12.3 Å². The van der Waals surface area contributed by atoms with E-state index in [0.29, 0.717) is 19.1 Å². The number of nitrogens with zero attached hydrogens (tertiary/aromatic N) is 1. The fourth-order valence-electron chi connectivity index (χ4n) is 4.41. The highest BCUT2D eigenvalue weighted by Crippen LogP contribution is 2.39. The molecular formula is C20H33N3O4S. The molecule has 0 unspecified atom stereocenters. The molecular weight excluding hydrogens is 378 g/mol. The van der Waals surface area contributed by atoms with E-state index >= 15 is 0 Å².